The summed E-state index contributed by atoms with van der Waals surface area (Å²) in [4.78, 5) is 46.4. The van der Waals surface area contributed by atoms with E-state index >= 15 is 0 Å². The molecule has 0 unspecified atom stereocenters. The minimum atomic E-state index is -0.119. The highest BCUT2D eigenvalue weighted by molar-refractivity contribution is 7.28. The first-order chi connectivity index (χ1) is 71.7. The van der Waals surface area contributed by atoms with E-state index in [1.807, 2.05) is 70.8 Å². The molecule has 676 valence electrons. The molecule has 0 atom stereocenters. The molecule has 15 heteroatoms. The first-order valence-electron chi connectivity index (χ1n) is 48.9. The van der Waals surface area contributed by atoms with Gasteiger partial charge in [-0.05, 0) is 158 Å². The molecule has 0 saturated carbocycles. The predicted molar refractivity (Wildman–Crippen MR) is 608 cm³/mol. The van der Waals surface area contributed by atoms with Crippen LogP contribution in [-0.2, 0) is 5.41 Å². The summed E-state index contributed by atoms with van der Waals surface area (Å²) in [5, 5.41) is 27.4. The fourth-order valence-electron chi connectivity index (χ4n) is 23.3. The molecule has 1 aliphatic rings. The van der Waals surface area contributed by atoms with E-state index < -0.39 is 0 Å². The van der Waals surface area contributed by atoms with Gasteiger partial charge in [-0.25, -0.2) is 29.9 Å². The van der Waals surface area contributed by atoms with Crippen molar-refractivity contribution in [2.75, 3.05) is 0 Å². The summed E-state index contributed by atoms with van der Waals surface area (Å²) in [6, 6.07) is 149. The fraction of sp³-hybridized carbons (Fsp3) is 0.0231. The molecule has 0 amide bonds. The van der Waals surface area contributed by atoms with Gasteiger partial charge in [-0.15, -0.1) is 34.0 Å². The summed E-state index contributed by atoms with van der Waals surface area (Å²) in [5.41, 5.74) is 24.1. The SMILES string of the molecule is CC1(C)c2ccccc2-c2ccc(-c3nc(-n4c5ccccc5c5c6c7ccccc7sc6c6ccccc6c54)nc4ncccc34)cc21.c1ccc(-c2cc(-c3ccccc3)cc(-c3nc(-n4c5ccccc5c5c6c7ccccc7sc6c6ccccc6c54)nc4ncccc34)c2)cc1.c1ccc2cc(-c3nc(-n4c5ccccc5c5c6c7ccccc7sc6c6ccccc6c54)nc4ncccc34)ccc2c1. The van der Waals surface area contributed by atoms with Gasteiger partial charge in [0.2, 0.25) is 17.8 Å². The van der Waals surface area contributed by atoms with Crippen LogP contribution in [-0.4, -0.2) is 58.6 Å². The zero-order valence-corrected chi connectivity index (χ0v) is 80.6. The number of fused-ring (bicyclic) bond motifs is 37. The number of hydrogen-bond acceptors (Lipinski definition) is 12. The summed E-state index contributed by atoms with van der Waals surface area (Å²) >= 11 is 5.62. The van der Waals surface area contributed by atoms with Crippen molar-refractivity contribution >= 4 is 236 Å². The van der Waals surface area contributed by atoms with Crippen LogP contribution in [0.3, 0.4) is 0 Å². The van der Waals surface area contributed by atoms with Crippen molar-refractivity contribution in [3.63, 3.8) is 0 Å². The lowest BCUT2D eigenvalue weighted by Gasteiger charge is -2.22. The van der Waals surface area contributed by atoms with Crippen LogP contribution in [0.15, 0.2) is 437 Å². The fourth-order valence-corrected chi connectivity index (χ4v) is 27.1. The highest BCUT2D eigenvalue weighted by atomic mass is 32.1. The molecule has 0 spiro atoms. The first-order valence-corrected chi connectivity index (χ1v) is 51.3. The van der Waals surface area contributed by atoms with Gasteiger partial charge in [0.15, 0.2) is 16.9 Å². The van der Waals surface area contributed by atoms with Crippen LogP contribution >= 0.6 is 34.0 Å². The van der Waals surface area contributed by atoms with Crippen LogP contribution in [0.4, 0.5) is 0 Å². The number of thiophene rings is 3. The van der Waals surface area contributed by atoms with E-state index in [9.17, 15) is 0 Å². The molecule has 0 N–H and O–H groups in total. The van der Waals surface area contributed by atoms with Gasteiger partial charge in [-0.1, -0.05) is 329 Å². The zero-order chi connectivity index (χ0) is 95.4. The van der Waals surface area contributed by atoms with Crippen molar-refractivity contribution in [2.24, 2.45) is 0 Å². The molecule has 19 aromatic carbocycles. The summed E-state index contributed by atoms with van der Waals surface area (Å²) in [6.45, 7) is 4.65. The van der Waals surface area contributed by atoms with E-state index in [-0.39, 0.29) is 5.41 Å². The second-order valence-corrected chi connectivity index (χ2v) is 41.2. The predicted octanol–water partition coefficient (Wildman–Crippen LogP) is 34.7. The lowest BCUT2D eigenvalue weighted by molar-refractivity contribution is 0.660. The summed E-state index contributed by atoms with van der Waals surface area (Å²) in [5.74, 6) is 1.84. The molecule has 0 saturated heterocycles. The van der Waals surface area contributed by atoms with Gasteiger partial charge in [0.25, 0.3) is 0 Å². The highest BCUT2D eigenvalue weighted by Gasteiger charge is 2.37. The lowest BCUT2D eigenvalue weighted by atomic mass is 9.82. The number of hydrogen-bond donors (Lipinski definition) is 0. The number of pyridine rings is 3. The van der Waals surface area contributed by atoms with Crippen molar-refractivity contribution in [1.29, 1.82) is 0 Å². The standard InChI is InChI=1S/C47H28N4S.C44H28N4S.C39H22N4S/c1-3-14-29(15-4-1)31-26-32(30-16-5-2-6-17-30)28-33(27-31)43-38-22-13-25-48-46(38)50-47(49-43)51-39-23-11-9-20-36(39)41-42-37-21-10-12-24-40(37)52-45(42)35-19-8-7-18-34(35)44(41)51;1-44(2)33-18-8-5-12-26(33)27-22-21-25(24-34(27)44)39-32-17-11-23-45-42(32)47-43(46-39)48-35-19-9-6-15-30(35)37-38-31-16-7-10-20-36(31)49-41(38)29-14-4-3-13-28(29)40(37)48;1-2-11-24-22-25(20-19-23(24)10-1)35-30-16-9-21-40-38(30)42-39(41-35)43-31-17-7-5-14-28(31)33-34-29-15-6-8-18-32(29)44-37(34)27-13-4-3-12-26(27)36(33)43/h1-28H;3-24H,1-2H3;1-22H. The van der Waals surface area contributed by atoms with Crippen LogP contribution in [0.2, 0.25) is 0 Å². The van der Waals surface area contributed by atoms with Crippen LogP contribution in [0.1, 0.15) is 25.0 Å². The molecule has 0 radical (unpaired) electrons. The van der Waals surface area contributed by atoms with Crippen molar-refractivity contribution in [2.45, 2.75) is 19.3 Å². The Balaban J connectivity index is 0.000000101. The maximum atomic E-state index is 5.53. The van der Waals surface area contributed by atoms with Crippen molar-refractivity contribution in [3.8, 4) is 85.0 Å². The number of benzene rings is 19. The van der Waals surface area contributed by atoms with Gasteiger partial charge >= 0.3 is 0 Å². The normalized spacial score (nSPS) is 12.5. The Kier molecular flexibility index (Phi) is 18.5. The minimum Gasteiger partial charge on any atom is -0.277 e. The molecule has 0 aliphatic heterocycles. The van der Waals surface area contributed by atoms with Crippen LogP contribution in [0, 0.1) is 0 Å². The summed E-state index contributed by atoms with van der Waals surface area (Å²) in [6.07, 6.45) is 5.46. The molecular weight excluding hydrogens is 1830 g/mol. The van der Waals surface area contributed by atoms with E-state index in [0.717, 1.165) is 105 Å². The van der Waals surface area contributed by atoms with E-state index in [1.165, 1.54) is 158 Å². The molecule has 145 heavy (non-hydrogen) atoms. The van der Waals surface area contributed by atoms with E-state index in [2.05, 4.69) is 428 Å². The molecule has 12 aromatic heterocycles. The smallest absolute Gasteiger partial charge is 0.237 e. The monoisotopic (exact) mass is 1900 g/mol. The third-order valence-electron chi connectivity index (χ3n) is 29.7. The molecular formula is C130H78N12S3. The second kappa shape index (κ2) is 32.4. The third kappa shape index (κ3) is 12.7. The maximum Gasteiger partial charge on any atom is 0.237 e. The van der Waals surface area contributed by atoms with Crippen molar-refractivity contribution in [3.05, 3.63) is 448 Å². The third-order valence-corrected chi connectivity index (χ3v) is 33.3. The average Bonchev–Trinajstić information content (AvgIpc) is 1.54. The van der Waals surface area contributed by atoms with Gasteiger partial charge in [0, 0.05) is 182 Å². The first kappa shape index (κ1) is 82.6. The van der Waals surface area contributed by atoms with Gasteiger partial charge in [-0.2, -0.15) is 15.0 Å². The minimum absolute atomic E-state index is 0.119. The average molecular weight is 1900 g/mol. The Morgan fingerprint density at radius 2 is 0.524 bits per heavy atom. The lowest BCUT2D eigenvalue weighted by Crippen LogP contribution is -2.15. The molecule has 0 bridgehead atoms. The maximum absolute atomic E-state index is 5.53. The summed E-state index contributed by atoms with van der Waals surface area (Å²) < 4.78 is 14.6. The Morgan fingerprint density at radius 1 is 0.207 bits per heavy atom. The van der Waals surface area contributed by atoms with E-state index in [1.54, 1.807) is 0 Å². The largest absolute Gasteiger partial charge is 0.277 e. The van der Waals surface area contributed by atoms with Crippen molar-refractivity contribution < 1.29 is 0 Å². The Hall–Kier alpha value is -18.3. The van der Waals surface area contributed by atoms with Gasteiger partial charge < -0.3 is 0 Å². The Bertz CT molecular complexity index is 10900. The highest BCUT2D eigenvalue weighted by Crippen LogP contribution is 2.55. The number of rotatable bonds is 8. The molecule has 1 aliphatic carbocycles. The molecule has 12 nitrogen and oxygen atoms in total. The van der Waals surface area contributed by atoms with Crippen molar-refractivity contribution in [1.82, 2.24) is 58.6 Å². The molecule has 31 aromatic rings. The molecule has 32 rings (SSSR count). The zero-order valence-electron chi connectivity index (χ0n) is 78.2. The van der Waals surface area contributed by atoms with Crippen LogP contribution < -0.4 is 0 Å². The van der Waals surface area contributed by atoms with E-state index in [0.29, 0.717) is 34.8 Å². The van der Waals surface area contributed by atoms with Gasteiger partial charge in [0.1, 0.15) is 0 Å². The topological polar surface area (TPSA) is 131 Å². The number of para-hydroxylation sites is 3. The Morgan fingerprint density at radius 3 is 0.952 bits per heavy atom. The quantitative estimate of drug-likeness (QED) is 0.146. The number of aromatic nitrogens is 12. The van der Waals surface area contributed by atoms with Gasteiger partial charge in [0.05, 0.1) is 50.2 Å². The summed E-state index contributed by atoms with van der Waals surface area (Å²) in [7, 11) is 0. The molecule has 0 fully saturated rings. The van der Waals surface area contributed by atoms with Crippen LogP contribution in [0.5, 0.6) is 0 Å². The van der Waals surface area contributed by atoms with Gasteiger partial charge in [-0.3, -0.25) is 13.7 Å². The molecule has 12 heterocycles. The van der Waals surface area contributed by atoms with Crippen LogP contribution in [0.25, 0.3) is 287 Å². The Labute approximate surface area is 840 Å². The number of nitrogens with zero attached hydrogens (tertiary/aromatic N) is 12. The second-order valence-electron chi connectivity index (χ2n) is 38.0. The van der Waals surface area contributed by atoms with E-state index in [4.69, 9.17) is 44.9 Å².